The molecule has 3 N–H and O–H groups in total. The number of allylic oxidation sites excluding steroid dienone is 8. The highest BCUT2D eigenvalue weighted by molar-refractivity contribution is 7.85. The third-order valence-corrected chi connectivity index (χ3v) is 8.59. The smallest absolute Gasteiger partial charge is 0.266 e. The van der Waals surface area contributed by atoms with E-state index in [1.165, 1.54) is 83.5 Å². The van der Waals surface area contributed by atoms with Gasteiger partial charge in [-0.3, -0.25) is 9.35 Å². The zero-order valence-corrected chi connectivity index (χ0v) is 29.1. The lowest BCUT2D eigenvalue weighted by Gasteiger charge is -2.23. The summed E-state index contributed by atoms with van der Waals surface area (Å²) in [5, 5.41) is 13.2. The first-order valence-electron chi connectivity index (χ1n) is 17.8. The molecule has 0 fully saturated rings. The fourth-order valence-electron chi connectivity index (χ4n) is 5.17. The van der Waals surface area contributed by atoms with Crippen LogP contribution in [0, 0.1) is 0 Å². The van der Waals surface area contributed by atoms with Crippen LogP contribution in [0.4, 0.5) is 0 Å². The fraction of sp³-hybridized carbons (Fsp3) is 0.757. The lowest BCUT2D eigenvalue weighted by molar-refractivity contribution is -0.122. The minimum Gasteiger partial charge on any atom is -0.391 e. The van der Waals surface area contributed by atoms with E-state index in [0.717, 1.165) is 44.9 Å². The van der Waals surface area contributed by atoms with Crippen LogP contribution in [0.2, 0.25) is 0 Å². The average Bonchev–Trinajstić information content (AvgIpc) is 2.98. The van der Waals surface area contributed by atoms with Gasteiger partial charge in [-0.2, -0.15) is 8.42 Å². The quantitative estimate of drug-likeness (QED) is 0.0399. The monoisotopic (exact) mass is 637 g/mol. The van der Waals surface area contributed by atoms with E-state index in [2.05, 4.69) is 55.6 Å². The predicted octanol–water partition coefficient (Wildman–Crippen LogP) is 9.96. The molecule has 0 rings (SSSR count). The van der Waals surface area contributed by atoms with Gasteiger partial charge in [-0.05, 0) is 38.5 Å². The fourth-order valence-corrected chi connectivity index (χ4v) is 5.93. The molecule has 0 aromatic carbocycles. The summed E-state index contributed by atoms with van der Waals surface area (Å²) >= 11 is 0. The second kappa shape index (κ2) is 31.3. The van der Waals surface area contributed by atoms with Crippen LogP contribution in [0.15, 0.2) is 48.6 Å². The molecule has 0 aromatic heterocycles. The minimum atomic E-state index is -4.33. The Kier molecular flexibility index (Phi) is 30.1. The highest BCUT2D eigenvalue weighted by atomic mass is 32.2. The van der Waals surface area contributed by atoms with Gasteiger partial charge in [0.2, 0.25) is 5.91 Å². The molecule has 0 aliphatic rings. The Balaban J connectivity index is 4.04. The SMILES string of the molecule is CC/C=C\C/C=C\C/C=C\C/C=C\CCC(=O)NC(CS(=O)(=O)O)C(O)CCCCCCCCCCCCCCCCCC. The molecular formula is C37H67NO5S. The van der Waals surface area contributed by atoms with E-state index in [4.69, 9.17) is 0 Å². The van der Waals surface area contributed by atoms with Crippen molar-refractivity contribution >= 4 is 16.0 Å². The summed E-state index contributed by atoms with van der Waals surface area (Å²) < 4.78 is 32.4. The van der Waals surface area contributed by atoms with Crippen molar-refractivity contribution in [2.75, 3.05) is 5.75 Å². The van der Waals surface area contributed by atoms with E-state index in [1.807, 2.05) is 12.2 Å². The summed E-state index contributed by atoms with van der Waals surface area (Å²) in [7, 11) is -4.33. The summed E-state index contributed by atoms with van der Waals surface area (Å²) in [5.41, 5.74) is 0. The molecule has 256 valence electrons. The molecule has 7 heteroatoms. The standard InChI is InChI=1S/C37H67NO5S/c1-3-5-7-9-11-13-15-17-18-19-21-22-24-26-28-30-32-36(39)35(34-44(41,42)43)38-37(40)33-31-29-27-25-23-20-16-14-12-10-8-6-4-2/h6,8,12,14,20,23,27,29,35-36,39H,3-5,7,9-11,13,15-19,21-22,24-26,28,30-34H2,1-2H3,(H,38,40)(H,41,42,43)/b8-6-,14-12-,23-20-,29-27-. The van der Waals surface area contributed by atoms with Crippen molar-refractivity contribution in [2.45, 2.75) is 174 Å². The second-order valence-electron chi connectivity index (χ2n) is 12.1. The van der Waals surface area contributed by atoms with Crippen molar-refractivity contribution in [2.24, 2.45) is 0 Å². The Bertz CT molecular complexity index is 878. The largest absolute Gasteiger partial charge is 0.391 e. The molecule has 6 nitrogen and oxygen atoms in total. The van der Waals surface area contributed by atoms with Crippen LogP contribution in [0.5, 0.6) is 0 Å². The zero-order chi connectivity index (χ0) is 32.6. The number of carbonyl (C=O) groups is 1. The van der Waals surface area contributed by atoms with Crippen LogP contribution in [-0.2, 0) is 14.9 Å². The molecule has 2 atom stereocenters. The number of hydrogen-bond donors (Lipinski definition) is 3. The summed E-state index contributed by atoms with van der Waals surface area (Å²) in [5.74, 6) is -1.00. The molecule has 0 bridgehead atoms. The first kappa shape index (κ1) is 42.3. The van der Waals surface area contributed by atoms with Gasteiger partial charge >= 0.3 is 0 Å². The summed E-state index contributed by atoms with van der Waals surface area (Å²) in [6, 6.07) is -1.01. The minimum absolute atomic E-state index is 0.196. The van der Waals surface area contributed by atoms with Gasteiger partial charge in [0, 0.05) is 6.42 Å². The number of amides is 1. The van der Waals surface area contributed by atoms with E-state index < -0.39 is 28.0 Å². The molecule has 1 amide bonds. The number of carbonyl (C=O) groups excluding carboxylic acids is 1. The Morgan fingerprint density at radius 2 is 1.05 bits per heavy atom. The summed E-state index contributed by atoms with van der Waals surface area (Å²) in [4.78, 5) is 12.4. The normalized spacial score (nSPS) is 14.0. The van der Waals surface area contributed by atoms with E-state index in [9.17, 15) is 22.9 Å². The molecule has 0 aliphatic heterocycles. The van der Waals surface area contributed by atoms with Crippen LogP contribution in [0.1, 0.15) is 162 Å². The van der Waals surface area contributed by atoms with E-state index in [1.54, 1.807) is 0 Å². The molecular weight excluding hydrogens is 570 g/mol. The maximum absolute atomic E-state index is 12.4. The molecule has 0 spiro atoms. The van der Waals surface area contributed by atoms with E-state index >= 15 is 0 Å². The van der Waals surface area contributed by atoms with Crippen LogP contribution in [0.25, 0.3) is 0 Å². The van der Waals surface area contributed by atoms with Gasteiger partial charge < -0.3 is 10.4 Å². The third-order valence-electron chi connectivity index (χ3n) is 7.81. The number of aliphatic hydroxyl groups excluding tert-OH is 1. The van der Waals surface area contributed by atoms with Gasteiger partial charge in [0.15, 0.2) is 0 Å². The van der Waals surface area contributed by atoms with Crippen molar-refractivity contribution in [3.05, 3.63) is 48.6 Å². The number of rotatable bonds is 31. The number of unbranched alkanes of at least 4 members (excludes halogenated alkanes) is 15. The summed E-state index contributed by atoms with van der Waals surface area (Å²) in [6.45, 7) is 4.38. The van der Waals surface area contributed by atoms with Gasteiger partial charge in [0.1, 0.15) is 0 Å². The predicted molar refractivity (Wildman–Crippen MR) is 188 cm³/mol. The Labute approximate surface area is 271 Å². The maximum atomic E-state index is 12.4. The van der Waals surface area contributed by atoms with Gasteiger partial charge in [-0.1, -0.05) is 165 Å². The molecule has 2 unspecified atom stereocenters. The second-order valence-corrected chi connectivity index (χ2v) is 13.6. The molecule has 0 aromatic rings. The lowest BCUT2D eigenvalue weighted by Crippen LogP contribution is -2.47. The van der Waals surface area contributed by atoms with Crippen molar-refractivity contribution in [3.63, 3.8) is 0 Å². The van der Waals surface area contributed by atoms with Gasteiger partial charge in [-0.25, -0.2) is 0 Å². The van der Waals surface area contributed by atoms with Gasteiger partial charge in [0.05, 0.1) is 17.9 Å². The Morgan fingerprint density at radius 3 is 1.48 bits per heavy atom. The summed E-state index contributed by atoms with van der Waals surface area (Å²) in [6.07, 6.45) is 40.7. The Morgan fingerprint density at radius 1 is 0.636 bits per heavy atom. The third kappa shape index (κ3) is 31.7. The maximum Gasteiger partial charge on any atom is 0.266 e. The van der Waals surface area contributed by atoms with E-state index in [-0.39, 0.29) is 12.3 Å². The lowest BCUT2D eigenvalue weighted by atomic mass is 10.0. The van der Waals surface area contributed by atoms with Crippen LogP contribution >= 0.6 is 0 Å². The first-order valence-corrected chi connectivity index (χ1v) is 19.4. The Hall–Kier alpha value is -1.70. The van der Waals surface area contributed by atoms with Crippen molar-refractivity contribution in [1.29, 1.82) is 0 Å². The molecule has 0 heterocycles. The van der Waals surface area contributed by atoms with Gasteiger partial charge in [0.25, 0.3) is 10.1 Å². The number of hydrogen-bond acceptors (Lipinski definition) is 4. The van der Waals surface area contributed by atoms with Crippen molar-refractivity contribution < 1.29 is 22.9 Å². The molecule has 0 aliphatic carbocycles. The topological polar surface area (TPSA) is 104 Å². The van der Waals surface area contributed by atoms with Crippen LogP contribution in [0.3, 0.4) is 0 Å². The molecule has 0 radical (unpaired) electrons. The highest BCUT2D eigenvalue weighted by Crippen LogP contribution is 2.15. The number of nitrogens with one attached hydrogen (secondary N) is 1. The molecule has 44 heavy (non-hydrogen) atoms. The first-order chi connectivity index (χ1) is 21.3. The molecule has 0 saturated carbocycles. The molecule has 0 saturated heterocycles. The highest BCUT2D eigenvalue weighted by Gasteiger charge is 2.25. The van der Waals surface area contributed by atoms with Crippen molar-refractivity contribution in [3.8, 4) is 0 Å². The zero-order valence-electron chi connectivity index (χ0n) is 28.3. The average molecular weight is 638 g/mol. The van der Waals surface area contributed by atoms with Crippen LogP contribution in [-0.4, -0.2) is 41.9 Å². The van der Waals surface area contributed by atoms with E-state index in [0.29, 0.717) is 12.8 Å². The number of aliphatic hydroxyl groups is 1. The van der Waals surface area contributed by atoms with Crippen molar-refractivity contribution in [1.82, 2.24) is 5.32 Å². The van der Waals surface area contributed by atoms with Gasteiger partial charge in [-0.15, -0.1) is 0 Å². The van der Waals surface area contributed by atoms with Crippen LogP contribution < -0.4 is 5.32 Å².